The first kappa shape index (κ1) is 13.6. The van der Waals surface area contributed by atoms with Crippen LogP contribution < -0.4 is 10.6 Å². The number of pyridine rings is 1. The number of anilines is 2. The molecular formula is C10H16N4O2S. The summed E-state index contributed by atoms with van der Waals surface area (Å²) < 4.78 is 0. The van der Waals surface area contributed by atoms with Gasteiger partial charge in [-0.1, -0.05) is 0 Å². The van der Waals surface area contributed by atoms with Crippen molar-refractivity contribution in [2.75, 3.05) is 29.7 Å². The summed E-state index contributed by atoms with van der Waals surface area (Å²) >= 11 is 1.68. The maximum Gasteiger partial charge on any atom is 0.311 e. The van der Waals surface area contributed by atoms with Crippen LogP contribution in [0.2, 0.25) is 0 Å². The van der Waals surface area contributed by atoms with Gasteiger partial charge in [0.15, 0.2) is 0 Å². The molecule has 0 saturated heterocycles. The third-order valence-electron chi connectivity index (χ3n) is 2.13. The Kier molecular flexibility index (Phi) is 5.02. The lowest BCUT2D eigenvalue weighted by molar-refractivity contribution is -0.384. The summed E-state index contributed by atoms with van der Waals surface area (Å²) in [6.07, 6.45) is 1.99. The zero-order chi connectivity index (χ0) is 12.8. The summed E-state index contributed by atoms with van der Waals surface area (Å²) in [5.41, 5.74) is -0.00282. The Hall–Kier alpha value is -1.50. The Morgan fingerprint density at radius 1 is 1.59 bits per heavy atom. The van der Waals surface area contributed by atoms with E-state index in [0.717, 1.165) is 5.75 Å². The summed E-state index contributed by atoms with van der Waals surface area (Å²) in [6.45, 7) is 1.97. The summed E-state index contributed by atoms with van der Waals surface area (Å²) in [4.78, 5) is 14.6. The summed E-state index contributed by atoms with van der Waals surface area (Å²) in [7, 11) is 1.73. The monoisotopic (exact) mass is 256 g/mol. The maximum atomic E-state index is 10.9. The summed E-state index contributed by atoms with van der Waals surface area (Å²) in [5, 5.41) is 16.8. The zero-order valence-corrected chi connectivity index (χ0v) is 10.9. The quantitative estimate of drug-likeness (QED) is 0.600. The van der Waals surface area contributed by atoms with Crippen molar-refractivity contribution in [2.24, 2.45) is 0 Å². The van der Waals surface area contributed by atoms with Crippen molar-refractivity contribution in [2.45, 2.75) is 13.0 Å². The molecule has 1 rings (SSSR count). The number of nitrogens with zero attached hydrogens (tertiary/aromatic N) is 2. The van der Waals surface area contributed by atoms with Crippen molar-refractivity contribution in [1.82, 2.24) is 4.98 Å². The number of hydrogen-bond donors (Lipinski definition) is 2. The van der Waals surface area contributed by atoms with Gasteiger partial charge in [0.2, 0.25) is 5.82 Å². The zero-order valence-electron chi connectivity index (χ0n) is 10.1. The van der Waals surface area contributed by atoms with Gasteiger partial charge in [-0.25, -0.2) is 4.98 Å². The Labute approximate surface area is 104 Å². The number of nitro groups is 1. The standard InChI is InChI=1S/C10H16N4O2S/c1-7(6-17-3)12-10-8(14(15)16)4-5-9(11-2)13-10/h4-5,7H,6H2,1-3H3,(H2,11,12,13). The van der Waals surface area contributed by atoms with Crippen LogP contribution >= 0.6 is 11.8 Å². The van der Waals surface area contributed by atoms with Crippen LogP contribution in [-0.4, -0.2) is 35.0 Å². The van der Waals surface area contributed by atoms with Crippen LogP contribution in [-0.2, 0) is 0 Å². The van der Waals surface area contributed by atoms with E-state index in [1.54, 1.807) is 24.9 Å². The molecular weight excluding hydrogens is 240 g/mol. The van der Waals surface area contributed by atoms with E-state index in [9.17, 15) is 10.1 Å². The lowest BCUT2D eigenvalue weighted by Gasteiger charge is -2.13. The molecule has 0 fully saturated rings. The molecule has 0 aromatic carbocycles. The number of hydrogen-bond acceptors (Lipinski definition) is 6. The molecule has 0 aliphatic carbocycles. The van der Waals surface area contributed by atoms with E-state index >= 15 is 0 Å². The van der Waals surface area contributed by atoms with E-state index in [1.165, 1.54) is 6.07 Å². The van der Waals surface area contributed by atoms with Crippen LogP contribution in [0.3, 0.4) is 0 Å². The minimum Gasteiger partial charge on any atom is -0.373 e. The Bertz CT molecular complexity index is 400. The normalized spacial score (nSPS) is 11.9. The van der Waals surface area contributed by atoms with Gasteiger partial charge >= 0.3 is 5.69 Å². The summed E-state index contributed by atoms with van der Waals surface area (Å²) in [5.74, 6) is 1.78. The van der Waals surface area contributed by atoms with Gasteiger partial charge in [0.1, 0.15) is 5.82 Å². The van der Waals surface area contributed by atoms with Gasteiger partial charge in [0.05, 0.1) is 4.92 Å². The van der Waals surface area contributed by atoms with Gasteiger partial charge in [-0.3, -0.25) is 10.1 Å². The number of thioether (sulfide) groups is 1. The van der Waals surface area contributed by atoms with Crippen molar-refractivity contribution in [1.29, 1.82) is 0 Å². The highest BCUT2D eigenvalue weighted by Gasteiger charge is 2.17. The molecule has 0 saturated carbocycles. The Balaban J connectivity index is 2.96. The van der Waals surface area contributed by atoms with Gasteiger partial charge in [0, 0.05) is 24.9 Å². The van der Waals surface area contributed by atoms with E-state index in [4.69, 9.17) is 0 Å². The average molecular weight is 256 g/mol. The van der Waals surface area contributed by atoms with Crippen LogP contribution in [0.25, 0.3) is 0 Å². The van der Waals surface area contributed by atoms with E-state index in [2.05, 4.69) is 15.6 Å². The molecule has 94 valence electrons. The highest BCUT2D eigenvalue weighted by atomic mass is 32.2. The molecule has 0 spiro atoms. The second kappa shape index (κ2) is 6.29. The van der Waals surface area contributed by atoms with Crippen LogP contribution in [0.15, 0.2) is 12.1 Å². The third-order valence-corrected chi connectivity index (χ3v) is 2.96. The first-order chi connectivity index (χ1) is 8.08. The summed E-state index contributed by atoms with van der Waals surface area (Å²) in [6, 6.07) is 3.17. The highest BCUT2D eigenvalue weighted by Crippen LogP contribution is 2.24. The predicted molar refractivity (Wildman–Crippen MR) is 71.9 cm³/mol. The predicted octanol–water partition coefficient (Wildman–Crippen LogP) is 2.19. The fraction of sp³-hybridized carbons (Fsp3) is 0.500. The van der Waals surface area contributed by atoms with Crippen molar-refractivity contribution in [3.63, 3.8) is 0 Å². The van der Waals surface area contributed by atoms with Crippen LogP contribution in [0.1, 0.15) is 6.92 Å². The Morgan fingerprint density at radius 3 is 2.82 bits per heavy atom. The molecule has 1 aromatic heterocycles. The van der Waals surface area contributed by atoms with Crippen molar-refractivity contribution < 1.29 is 4.92 Å². The van der Waals surface area contributed by atoms with E-state index in [-0.39, 0.29) is 11.7 Å². The Morgan fingerprint density at radius 2 is 2.29 bits per heavy atom. The molecule has 0 radical (unpaired) electrons. The molecule has 2 N–H and O–H groups in total. The first-order valence-corrected chi connectivity index (χ1v) is 6.56. The molecule has 0 amide bonds. The van der Waals surface area contributed by atoms with Gasteiger partial charge < -0.3 is 10.6 Å². The highest BCUT2D eigenvalue weighted by molar-refractivity contribution is 7.98. The molecule has 1 heterocycles. The SMILES string of the molecule is CNc1ccc([N+](=O)[O-])c(NC(C)CSC)n1. The molecule has 1 unspecified atom stereocenters. The first-order valence-electron chi connectivity index (χ1n) is 5.17. The van der Waals surface area contributed by atoms with Crippen molar-refractivity contribution >= 4 is 29.1 Å². The molecule has 1 atom stereocenters. The molecule has 7 heteroatoms. The molecule has 17 heavy (non-hydrogen) atoms. The topological polar surface area (TPSA) is 80.1 Å². The minimum atomic E-state index is -0.430. The lowest BCUT2D eigenvalue weighted by Crippen LogP contribution is -2.19. The van der Waals surface area contributed by atoms with Crippen LogP contribution in [0.5, 0.6) is 0 Å². The molecule has 6 nitrogen and oxygen atoms in total. The van der Waals surface area contributed by atoms with Crippen molar-refractivity contribution in [3.8, 4) is 0 Å². The molecule has 0 aliphatic heterocycles. The fourth-order valence-corrected chi connectivity index (χ4v) is 1.95. The van der Waals surface area contributed by atoms with Gasteiger partial charge in [0.25, 0.3) is 0 Å². The van der Waals surface area contributed by atoms with Gasteiger partial charge in [-0.15, -0.1) is 0 Å². The van der Waals surface area contributed by atoms with Gasteiger partial charge in [-0.2, -0.15) is 11.8 Å². The average Bonchev–Trinajstić information content (AvgIpc) is 2.28. The van der Waals surface area contributed by atoms with E-state index < -0.39 is 4.92 Å². The number of nitrogens with one attached hydrogen (secondary N) is 2. The van der Waals surface area contributed by atoms with E-state index in [0.29, 0.717) is 11.6 Å². The minimum absolute atomic E-state index is 0.00282. The van der Waals surface area contributed by atoms with Crippen LogP contribution in [0, 0.1) is 10.1 Å². The molecule has 0 bridgehead atoms. The van der Waals surface area contributed by atoms with Gasteiger partial charge in [-0.05, 0) is 19.2 Å². The van der Waals surface area contributed by atoms with E-state index in [1.807, 2.05) is 13.2 Å². The smallest absolute Gasteiger partial charge is 0.311 e. The second-order valence-electron chi connectivity index (χ2n) is 3.57. The van der Waals surface area contributed by atoms with Crippen molar-refractivity contribution in [3.05, 3.63) is 22.2 Å². The third kappa shape index (κ3) is 3.77. The molecule has 0 aliphatic rings. The molecule has 1 aromatic rings. The number of rotatable bonds is 6. The van der Waals surface area contributed by atoms with Crippen LogP contribution in [0.4, 0.5) is 17.3 Å². The number of aromatic nitrogens is 1. The second-order valence-corrected chi connectivity index (χ2v) is 4.48. The fourth-order valence-electron chi connectivity index (χ4n) is 1.37. The maximum absolute atomic E-state index is 10.9. The lowest BCUT2D eigenvalue weighted by atomic mass is 10.3. The largest absolute Gasteiger partial charge is 0.373 e.